The highest BCUT2D eigenvalue weighted by Gasteiger charge is 2.20. The molecule has 0 amide bonds. The number of aliphatic carboxylic acids is 1. The number of rotatable bonds is 5. The summed E-state index contributed by atoms with van der Waals surface area (Å²) in [6, 6.07) is 0. The van der Waals surface area contributed by atoms with Crippen LogP contribution in [0.15, 0.2) is 0 Å². The molecule has 0 saturated carbocycles. The van der Waals surface area contributed by atoms with Gasteiger partial charge < -0.3 is 9.84 Å². The van der Waals surface area contributed by atoms with Gasteiger partial charge in [-0.25, -0.2) is 0 Å². The van der Waals surface area contributed by atoms with Gasteiger partial charge >= 0.3 is 11.9 Å². The number of carbonyl (C=O) groups excluding carboxylic acids is 1. The van der Waals surface area contributed by atoms with Gasteiger partial charge in [0.15, 0.2) is 0 Å². The van der Waals surface area contributed by atoms with E-state index in [-0.39, 0.29) is 11.9 Å². The van der Waals surface area contributed by atoms with Crippen LogP contribution in [0.2, 0.25) is 0 Å². The maximum absolute atomic E-state index is 11.1. The van der Waals surface area contributed by atoms with Crippen LogP contribution in [-0.4, -0.2) is 23.7 Å². The fourth-order valence-corrected chi connectivity index (χ4v) is 1.01. The van der Waals surface area contributed by atoms with E-state index in [4.69, 9.17) is 9.84 Å². The SMILES string of the molecule is CCOC(=O)[C@@H](C)C[C@H](C)C(=O)O. The third-order valence-corrected chi connectivity index (χ3v) is 1.82. The Hall–Kier alpha value is -1.06. The first-order valence-corrected chi connectivity index (χ1v) is 4.38. The van der Waals surface area contributed by atoms with Crippen LogP contribution in [0.25, 0.3) is 0 Å². The first-order chi connectivity index (χ1) is 5.99. The number of carbonyl (C=O) groups is 2. The van der Waals surface area contributed by atoms with Gasteiger partial charge in [-0.1, -0.05) is 13.8 Å². The van der Waals surface area contributed by atoms with Crippen molar-refractivity contribution in [1.82, 2.24) is 0 Å². The van der Waals surface area contributed by atoms with Crippen LogP contribution in [0.4, 0.5) is 0 Å². The fraction of sp³-hybridized carbons (Fsp3) is 0.778. The molecular weight excluding hydrogens is 172 g/mol. The van der Waals surface area contributed by atoms with Gasteiger partial charge in [-0.15, -0.1) is 0 Å². The number of carboxylic acids is 1. The molecule has 2 atom stereocenters. The molecule has 0 rings (SSSR count). The van der Waals surface area contributed by atoms with Crippen molar-refractivity contribution in [1.29, 1.82) is 0 Å². The second kappa shape index (κ2) is 5.56. The van der Waals surface area contributed by atoms with E-state index in [2.05, 4.69) is 0 Å². The van der Waals surface area contributed by atoms with Gasteiger partial charge in [-0.3, -0.25) is 9.59 Å². The summed E-state index contributed by atoms with van der Waals surface area (Å²) in [5.74, 6) is -2.04. The summed E-state index contributed by atoms with van der Waals surface area (Å²) >= 11 is 0. The molecule has 0 spiro atoms. The van der Waals surface area contributed by atoms with Gasteiger partial charge in [-0.05, 0) is 13.3 Å². The highest BCUT2D eigenvalue weighted by Crippen LogP contribution is 2.13. The molecule has 0 radical (unpaired) electrons. The van der Waals surface area contributed by atoms with Crippen LogP contribution in [-0.2, 0) is 14.3 Å². The molecule has 0 aliphatic carbocycles. The summed E-state index contributed by atoms with van der Waals surface area (Å²) in [5.41, 5.74) is 0. The molecule has 76 valence electrons. The van der Waals surface area contributed by atoms with Crippen molar-refractivity contribution >= 4 is 11.9 Å². The molecule has 0 aromatic carbocycles. The minimum absolute atomic E-state index is 0.324. The van der Waals surface area contributed by atoms with Gasteiger partial charge in [0.25, 0.3) is 0 Å². The van der Waals surface area contributed by atoms with E-state index in [0.717, 1.165) is 0 Å². The Balaban J connectivity index is 3.92. The van der Waals surface area contributed by atoms with Crippen LogP contribution in [0.1, 0.15) is 27.2 Å². The molecule has 4 heteroatoms. The Bertz CT molecular complexity index is 188. The summed E-state index contributed by atoms with van der Waals surface area (Å²) < 4.78 is 4.75. The van der Waals surface area contributed by atoms with Crippen LogP contribution < -0.4 is 0 Å². The lowest BCUT2D eigenvalue weighted by atomic mass is 9.98. The Morgan fingerprint density at radius 3 is 2.23 bits per heavy atom. The molecule has 1 N–H and O–H groups in total. The molecule has 0 heterocycles. The van der Waals surface area contributed by atoms with Crippen molar-refractivity contribution < 1.29 is 19.4 Å². The van der Waals surface area contributed by atoms with Gasteiger partial charge in [0.2, 0.25) is 0 Å². The largest absolute Gasteiger partial charge is 0.481 e. The molecule has 0 fully saturated rings. The zero-order valence-corrected chi connectivity index (χ0v) is 8.24. The lowest BCUT2D eigenvalue weighted by Gasteiger charge is -2.12. The third kappa shape index (κ3) is 4.50. The van der Waals surface area contributed by atoms with Crippen molar-refractivity contribution in [2.75, 3.05) is 6.61 Å². The summed E-state index contributed by atoms with van der Waals surface area (Å²) in [6.07, 6.45) is 0.328. The topological polar surface area (TPSA) is 63.6 Å². The van der Waals surface area contributed by atoms with Crippen molar-refractivity contribution in [3.63, 3.8) is 0 Å². The maximum atomic E-state index is 11.1. The van der Waals surface area contributed by atoms with Crippen molar-refractivity contribution in [2.45, 2.75) is 27.2 Å². The van der Waals surface area contributed by atoms with Crippen LogP contribution in [0.3, 0.4) is 0 Å². The van der Waals surface area contributed by atoms with E-state index in [1.807, 2.05) is 0 Å². The summed E-state index contributed by atoms with van der Waals surface area (Å²) in [7, 11) is 0. The molecule has 0 aliphatic heterocycles. The van der Waals surface area contributed by atoms with Gasteiger partial charge in [-0.2, -0.15) is 0 Å². The molecule has 13 heavy (non-hydrogen) atoms. The van der Waals surface area contributed by atoms with E-state index in [0.29, 0.717) is 13.0 Å². The van der Waals surface area contributed by atoms with E-state index < -0.39 is 11.9 Å². The minimum Gasteiger partial charge on any atom is -0.481 e. The Morgan fingerprint density at radius 2 is 1.85 bits per heavy atom. The first-order valence-electron chi connectivity index (χ1n) is 4.38. The molecule has 4 nitrogen and oxygen atoms in total. The van der Waals surface area contributed by atoms with Crippen LogP contribution >= 0.6 is 0 Å². The zero-order valence-electron chi connectivity index (χ0n) is 8.24. The molecule has 0 bridgehead atoms. The number of esters is 1. The second-order valence-electron chi connectivity index (χ2n) is 3.13. The predicted molar refractivity (Wildman–Crippen MR) is 47.2 cm³/mol. The van der Waals surface area contributed by atoms with Gasteiger partial charge in [0.1, 0.15) is 0 Å². The van der Waals surface area contributed by atoms with Gasteiger partial charge in [0, 0.05) is 0 Å². The third-order valence-electron chi connectivity index (χ3n) is 1.82. The summed E-state index contributed by atoms with van der Waals surface area (Å²) in [4.78, 5) is 21.5. The molecule has 0 aromatic rings. The highest BCUT2D eigenvalue weighted by atomic mass is 16.5. The second-order valence-corrected chi connectivity index (χ2v) is 3.13. The minimum atomic E-state index is -0.879. The number of hydrogen-bond donors (Lipinski definition) is 1. The summed E-state index contributed by atoms with van der Waals surface area (Å²) in [6.45, 7) is 5.32. The smallest absolute Gasteiger partial charge is 0.308 e. The van der Waals surface area contributed by atoms with Crippen molar-refractivity contribution in [2.24, 2.45) is 11.8 Å². The average Bonchev–Trinajstić information content (AvgIpc) is 2.04. The zero-order chi connectivity index (χ0) is 10.4. The van der Waals surface area contributed by atoms with E-state index >= 15 is 0 Å². The molecule has 0 aromatic heterocycles. The first kappa shape index (κ1) is 11.9. The summed E-state index contributed by atoms with van der Waals surface area (Å²) in [5, 5.41) is 8.59. The Labute approximate surface area is 77.9 Å². The maximum Gasteiger partial charge on any atom is 0.308 e. The van der Waals surface area contributed by atoms with Gasteiger partial charge in [0.05, 0.1) is 18.4 Å². The normalized spacial score (nSPS) is 14.7. The van der Waals surface area contributed by atoms with Crippen molar-refractivity contribution in [3.05, 3.63) is 0 Å². The van der Waals surface area contributed by atoms with E-state index in [9.17, 15) is 9.59 Å². The number of ether oxygens (including phenoxy) is 1. The number of carboxylic acid groups (broad SMARTS) is 1. The number of hydrogen-bond acceptors (Lipinski definition) is 3. The molecule has 0 unspecified atom stereocenters. The average molecular weight is 188 g/mol. The van der Waals surface area contributed by atoms with E-state index in [1.165, 1.54) is 0 Å². The Morgan fingerprint density at radius 1 is 1.31 bits per heavy atom. The fourth-order valence-electron chi connectivity index (χ4n) is 1.01. The molecule has 0 saturated heterocycles. The quantitative estimate of drug-likeness (QED) is 0.660. The van der Waals surface area contributed by atoms with Crippen molar-refractivity contribution in [3.8, 4) is 0 Å². The lowest BCUT2D eigenvalue weighted by Crippen LogP contribution is -2.20. The molecular formula is C9H16O4. The Kier molecular flexibility index (Phi) is 5.11. The highest BCUT2D eigenvalue weighted by molar-refractivity contribution is 5.74. The van der Waals surface area contributed by atoms with Crippen LogP contribution in [0.5, 0.6) is 0 Å². The monoisotopic (exact) mass is 188 g/mol. The standard InChI is InChI=1S/C9H16O4/c1-4-13-9(12)7(3)5-6(2)8(10)11/h6-7H,4-5H2,1-3H3,(H,10,11)/t6-,7-/m0/s1. The lowest BCUT2D eigenvalue weighted by molar-refractivity contribution is -0.149. The van der Waals surface area contributed by atoms with Crippen LogP contribution in [0, 0.1) is 11.8 Å². The van der Waals surface area contributed by atoms with E-state index in [1.54, 1.807) is 20.8 Å². The predicted octanol–water partition coefficient (Wildman–Crippen LogP) is 1.30. The molecule has 0 aliphatic rings.